The summed E-state index contributed by atoms with van der Waals surface area (Å²) in [6, 6.07) is 8.64. The van der Waals surface area contributed by atoms with Gasteiger partial charge in [0.2, 0.25) is 0 Å². The van der Waals surface area contributed by atoms with Gasteiger partial charge in [-0.1, -0.05) is 13.2 Å². The fourth-order valence-corrected chi connectivity index (χ4v) is 5.35. The van der Waals surface area contributed by atoms with E-state index in [-0.39, 0.29) is 22.0 Å². The summed E-state index contributed by atoms with van der Waals surface area (Å²) in [5.41, 5.74) is 9.24. The number of nitrogens with zero attached hydrogens (tertiary/aromatic N) is 4. The van der Waals surface area contributed by atoms with Gasteiger partial charge in [-0.15, -0.1) is 15.3 Å². The Morgan fingerprint density at radius 3 is 1.71 bits per heavy atom. The van der Waals surface area contributed by atoms with Crippen molar-refractivity contribution < 1.29 is 39.7 Å². The third-order valence-electron chi connectivity index (χ3n) is 5.21. The molecule has 0 atom stereocenters. The molecular weight excluding hydrogens is 600 g/mol. The van der Waals surface area contributed by atoms with E-state index in [0.29, 0.717) is 11.5 Å². The van der Waals surface area contributed by atoms with Gasteiger partial charge in [0.15, 0.2) is 19.7 Å². The Morgan fingerprint density at radius 2 is 1.22 bits per heavy atom. The van der Waals surface area contributed by atoms with Crippen LogP contribution in [-0.2, 0) is 29.8 Å². The number of hydrogen-bond donors (Lipinski definition) is 4. The average molecular weight is 621 g/mol. The van der Waals surface area contributed by atoms with Crippen molar-refractivity contribution in [3.63, 3.8) is 0 Å². The van der Waals surface area contributed by atoms with E-state index in [4.69, 9.17) is 11.5 Å². The first-order valence-electron chi connectivity index (χ1n) is 10.8. The average Bonchev–Trinajstić information content (AvgIpc) is 2.91. The first-order chi connectivity index (χ1) is 19.0. The zero-order valence-electron chi connectivity index (χ0n) is 20.6. The predicted octanol–water partition coefficient (Wildman–Crippen LogP) is 4.46. The zero-order chi connectivity index (χ0) is 30.8. The van der Waals surface area contributed by atoms with Crippen molar-refractivity contribution in [1.29, 1.82) is 0 Å². The van der Waals surface area contributed by atoms with Crippen molar-refractivity contribution in [2.75, 3.05) is 11.5 Å². The third kappa shape index (κ3) is 6.69. The molecule has 0 saturated carbocycles. The lowest BCUT2D eigenvalue weighted by Crippen LogP contribution is -2.03. The molecule has 0 saturated heterocycles. The van der Waals surface area contributed by atoms with Crippen LogP contribution in [0.1, 0.15) is 10.4 Å². The second-order valence-corrected chi connectivity index (χ2v) is 13.0. The van der Waals surface area contributed by atoms with E-state index in [1.807, 2.05) is 0 Å². The monoisotopic (exact) mass is 620 g/mol. The quantitative estimate of drug-likeness (QED) is 0.140. The Hall–Kier alpha value is -4.78. The molecule has 0 spiro atoms. The van der Waals surface area contributed by atoms with Gasteiger partial charge in [0.05, 0.1) is 26.9 Å². The molecule has 3 aromatic rings. The number of carboxylic acid groups (broad SMARTS) is 1. The van der Waals surface area contributed by atoms with E-state index in [9.17, 15) is 39.7 Å². The van der Waals surface area contributed by atoms with Crippen molar-refractivity contribution in [1.82, 2.24) is 0 Å². The van der Waals surface area contributed by atoms with Crippen LogP contribution in [0.3, 0.4) is 0 Å². The molecule has 6 N–H and O–H groups in total. The molecule has 214 valence electrons. The molecule has 0 amide bonds. The maximum atomic E-state index is 12.2. The molecule has 0 aromatic heterocycles. The zero-order valence-corrected chi connectivity index (χ0v) is 23.1. The van der Waals surface area contributed by atoms with Gasteiger partial charge >= 0.3 is 5.97 Å². The summed E-state index contributed by atoms with van der Waals surface area (Å²) in [5.74, 6) is -1.62. The van der Waals surface area contributed by atoms with Crippen LogP contribution in [0.25, 0.3) is 0 Å². The number of azo groups is 2. The molecule has 0 heterocycles. The molecule has 0 bridgehead atoms. The Labute approximate surface area is 233 Å². The second kappa shape index (κ2) is 11.4. The van der Waals surface area contributed by atoms with Crippen LogP contribution in [0.5, 0.6) is 0 Å². The maximum Gasteiger partial charge on any atom is 0.340 e. The molecule has 0 aliphatic heterocycles. The molecule has 15 nitrogen and oxygen atoms in total. The van der Waals surface area contributed by atoms with E-state index in [1.54, 1.807) is 0 Å². The summed E-state index contributed by atoms with van der Waals surface area (Å²) in [4.78, 5) is 10.6. The molecule has 0 aliphatic rings. The number of benzene rings is 3. The van der Waals surface area contributed by atoms with Crippen LogP contribution in [0.15, 0.2) is 108 Å². The molecule has 3 rings (SSSR count). The summed E-state index contributed by atoms with van der Waals surface area (Å²) < 4.78 is 81.3. The van der Waals surface area contributed by atoms with Crippen molar-refractivity contribution in [2.45, 2.75) is 14.7 Å². The van der Waals surface area contributed by atoms with Gasteiger partial charge in [0.1, 0.15) is 27.5 Å². The highest BCUT2D eigenvalue weighted by atomic mass is 32.2. The Morgan fingerprint density at radius 1 is 0.732 bits per heavy atom. The number of rotatable bonds is 10. The molecular formula is C23H20N6O9S3. The number of sulfone groups is 2. The number of nitrogens with two attached hydrogens (primary N) is 2. The topological polar surface area (TPSA) is 261 Å². The van der Waals surface area contributed by atoms with Gasteiger partial charge in [0, 0.05) is 10.8 Å². The molecule has 0 aliphatic carbocycles. The van der Waals surface area contributed by atoms with Crippen molar-refractivity contribution in [3.8, 4) is 0 Å². The van der Waals surface area contributed by atoms with Gasteiger partial charge in [-0.05, 0) is 48.5 Å². The smallest absolute Gasteiger partial charge is 0.340 e. The van der Waals surface area contributed by atoms with E-state index >= 15 is 0 Å². The molecule has 0 radical (unpaired) electrons. The van der Waals surface area contributed by atoms with Gasteiger partial charge in [-0.3, -0.25) is 4.55 Å². The highest BCUT2D eigenvalue weighted by molar-refractivity contribution is 7.94. The minimum absolute atomic E-state index is 0.0632. The van der Waals surface area contributed by atoms with Gasteiger partial charge in [0.25, 0.3) is 10.1 Å². The third-order valence-corrected chi connectivity index (χ3v) is 8.81. The number of aromatic carboxylic acids is 1. The van der Waals surface area contributed by atoms with Gasteiger partial charge in [-0.2, -0.15) is 13.5 Å². The maximum absolute atomic E-state index is 12.2. The normalized spacial score (nSPS) is 12.5. The number of hydrogen-bond acceptors (Lipinski definition) is 13. The van der Waals surface area contributed by atoms with E-state index < -0.39 is 68.2 Å². The first kappa shape index (κ1) is 30.8. The minimum atomic E-state index is -5.03. The number of carboxylic acids is 1. The van der Waals surface area contributed by atoms with Gasteiger partial charge < -0.3 is 16.6 Å². The van der Waals surface area contributed by atoms with Crippen LogP contribution >= 0.6 is 0 Å². The lowest BCUT2D eigenvalue weighted by atomic mass is 10.1. The van der Waals surface area contributed by atoms with E-state index in [1.165, 1.54) is 24.3 Å². The summed E-state index contributed by atoms with van der Waals surface area (Å²) >= 11 is 0. The Balaban J connectivity index is 2.14. The van der Waals surface area contributed by atoms with E-state index in [0.717, 1.165) is 23.6 Å². The summed E-state index contributed by atoms with van der Waals surface area (Å²) in [6.07, 6.45) is 0. The fraction of sp³-hybridized carbons (Fsp3) is 0. The summed E-state index contributed by atoms with van der Waals surface area (Å²) in [6.45, 7) is 6.37. The standard InChI is InChI=1S/C23H20N6O9S3/c1-3-39(32,33)14-7-5-13(6-8-14)26-28-21-16(24)12-17(25)22(20(21)23(30)31)29-27-18-10-9-15(40(34,35)4-2)11-19(18)41(36,37)38/h3-12H,1-2,24-25H2,(H,30,31)(H,36,37,38). The molecule has 18 heteroatoms. The number of carbonyl (C=O) groups is 1. The van der Waals surface area contributed by atoms with Crippen LogP contribution in [0.4, 0.5) is 34.1 Å². The second-order valence-electron chi connectivity index (χ2n) is 7.85. The van der Waals surface area contributed by atoms with Crippen molar-refractivity contribution in [3.05, 3.63) is 78.1 Å². The first-order valence-corrected chi connectivity index (χ1v) is 15.3. The molecule has 41 heavy (non-hydrogen) atoms. The SMILES string of the molecule is C=CS(=O)(=O)c1ccc(N=Nc2c(N)cc(N)c(N=Nc3ccc(S(=O)(=O)C=C)cc3S(=O)(=O)O)c2C(=O)O)cc1. The van der Waals surface area contributed by atoms with Crippen LogP contribution < -0.4 is 11.5 Å². The molecule has 3 aromatic carbocycles. The minimum Gasteiger partial charge on any atom is -0.478 e. The van der Waals surface area contributed by atoms with E-state index in [2.05, 4.69) is 33.6 Å². The predicted molar refractivity (Wildman–Crippen MR) is 148 cm³/mol. The lowest BCUT2D eigenvalue weighted by molar-refractivity contribution is 0.0698. The van der Waals surface area contributed by atoms with Crippen molar-refractivity contribution in [2.24, 2.45) is 20.5 Å². The Kier molecular flexibility index (Phi) is 8.53. The summed E-state index contributed by atoms with van der Waals surface area (Å²) in [7, 11) is -12.8. The lowest BCUT2D eigenvalue weighted by Gasteiger charge is -2.10. The van der Waals surface area contributed by atoms with Crippen LogP contribution in [-0.4, -0.2) is 40.9 Å². The van der Waals surface area contributed by atoms with Crippen molar-refractivity contribution >= 4 is 69.9 Å². The van der Waals surface area contributed by atoms with Gasteiger partial charge in [-0.25, -0.2) is 21.6 Å². The molecule has 0 unspecified atom stereocenters. The largest absolute Gasteiger partial charge is 0.478 e. The van der Waals surface area contributed by atoms with Crippen LogP contribution in [0.2, 0.25) is 0 Å². The fourth-order valence-electron chi connectivity index (χ4n) is 3.19. The number of anilines is 2. The molecule has 0 fully saturated rings. The summed E-state index contributed by atoms with van der Waals surface area (Å²) in [5, 5.41) is 26.3. The number of nitrogen functional groups attached to an aromatic ring is 2. The highest BCUT2D eigenvalue weighted by Gasteiger charge is 2.24. The Bertz CT molecular complexity index is 1970. The van der Waals surface area contributed by atoms with Crippen LogP contribution in [0, 0.1) is 0 Å². The highest BCUT2D eigenvalue weighted by Crippen LogP contribution is 2.41.